The summed E-state index contributed by atoms with van der Waals surface area (Å²) in [5.41, 5.74) is 14.5. The van der Waals surface area contributed by atoms with E-state index >= 15 is 0 Å². The fraction of sp³-hybridized carbons (Fsp3) is 0.625. The first-order chi connectivity index (χ1) is 8.40. The Balaban J connectivity index is 2.71. The van der Waals surface area contributed by atoms with E-state index < -0.39 is 0 Å². The van der Waals surface area contributed by atoms with Crippen molar-refractivity contribution in [2.75, 3.05) is 0 Å². The first kappa shape index (κ1) is 15.2. The lowest BCUT2D eigenvalue weighted by molar-refractivity contribution is 0.226. The van der Waals surface area contributed by atoms with Crippen LogP contribution in [0.3, 0.4) is 0 Å². The van der Waals surface area contributed by atoms with Gasteiger partial charge in [0.25, 0.3) is 0 Å². The summed E-state index contributed by atoms with van der Waals surface area (Å²) in [5.74, 6) is 1.08. The molecule has 3 atom stereocenters. The predicted molar refractivity (Wildman–Crippen MR) is 79.2 cm³/mol. The molecule has 0 aliphatic rings. The molecule has 0 aliphatic carbocycles. The van der Waals surface area contributed by atoms with Gasteiger partial charge in [0.05, 0.1) is 0 Å². The van der Waals surface area contributed by atoms with Gasteiger partial charge in [0.1, 0.15) is 0 Å². The molecule has 1 rings (SSSR count). The van der Waals surface area contributed by atoms with Crippen LogP contribution in [0.5, 0.6) is 0 Å². The Hall–Kier alpha value is -0.860. The smallest absolute Gasteiger partial charge is 0.0178 e. The Kier molecular flexibility index (Phi) is 5.36. The van der Waals surface area contributed by atoms with Crippen LogP contribution in [0.25, 0.3) is 0 Å². The number of hydrogen-bond acceptors (Lipinski definition) is 2. The van der Waals surface area contributed by atoms with Crippen LogP contribution < -0.4 is 11.5 Å². The molecule has 3 unspecified atom stereocenters. The molecule has 0 heterocycles. The Bertz CT molecular complexity index is 371. The highest BCUT2D eigenvalue weighted by atomic mass is 14.7. The van der Waals surface area contributed by atoms with Crippen molar-refractivity contribution in [3.63, 3.8) is 0 Å². The fourth-order valence-corrected chi connectivity index (χ4v) is 2.40. The van der Waals surface area contributed by atoms with Crippen molar-refractivity contribution in [1.29, 1.82) is 0 Å². The van der Waals surface area contributed by atoms with Crippen LogP contribution in [0.2, 0.25) is 0 Å². The zero-order valence-electron chi connectivity index (χ0n) is 12.2. The third kappa shape index (κ3) is 3.82. The number of hydrogen-bond donors (Lipinski definition) is 2. The van der Waals surface area contributed by atoms with Crippen molar-refractivity contribution in [3.8, 4) is 0 Å². The van der Waals surface area contributed by atoms with E-state index in [1.54, 1.807) is 0 Å². The second-order valence-electron chi connectivity index (χ2n) is 5.85. The van der Waals surface area contributed by atoms with Crippen LogP contribution in [0.4, 0.5) is 0 Å². The van der Waals surface area contributed by atoms with Gasteiger partial charge < -0.3 is 11.5 Å². The fourth-order valence-electron chi connectivity index (χ4n) is 2.40. The standard InChI is InChI=1S/C16H28N2/c1-5-16(4,18)13(3)12(2)9-14-7-6-8-15(10-14)11-17/h6-8,10,12-13H,5,9,11,17-18H2,1-4H3. The summed E-state index contributed by atoms with van der Waals surface area (Å²) >= 11 is 0. The van der Waals surface area contributed by atoms with Crippen molar-refractivity contribution in [3.05, 3.63) is 35.4 Å². The topological polar surface area (TPSA) is 52.0 Å². The average Bonchev–Trinajstić information content (AvgIpc) is 2.37. The van der Waals surface area contributed by atoms with Gasteiger partial charge in [-0.15, -0.1) is 0 Å². The average molecular weight is 248 g/mol. The second kappa shape index (κ2) is 6.35. The van der Waals surface area contributed by atoms with Crippen LogP contribution in [0, 0.1) is 11.8 Å². The van der Waals surface area contributed by atoms with Crippen LogP contribution in [0.15, 0.2) is 24.3 Å². The molecular weight excluding hydrogens is 220 g/mol. The summed E-state index contributed by atoms with van der Waals surface area (Å²) in [6, 6.07) is 8.57. The molecule has 1 aromatic carbocycles. The van der Waals surface area contributed by atoms with Gasteiger partial charge in [-0.05, 0) is 42.7 Å². The van der Waals surface area contributed by atoms with E-state index in [1.165, 1.54) is 11.1 Å². The minimum absolute atomic E-state index is 0.0785. The molecule has 2 heteroatoms. The van der Waals surface area contributed by atoms with Crippen molar-refractivity contribution >= 4 is 0 Å². The third-order valence-corrected chi connectivity index (χ3v) is 4.44. The quantitative estimate of drug-likeness (QED) is 0.813. The van der Waals surface area contributed by atoms with Gasteiger partial charge in [-0.3, -0.25) is 0 Å². The Morgan fingerprint density at radius 2 is 1.83 bits per heavy atom. The molecule has 1 aromatic rings. The highest BCUT2D eigenvalue weighted by Crippen LogP contribution is 2.27. The maximum absolute atomic E-state index is 6.35. The zero-order chi connectivity index (χ0) is 13.8. The van der Waals surface area contributed by atoms with Crippen molar-refractivity contribution in [2.24, 2.45) is 23.3 Å². The van der Waals surface area contributed by atoms with E-state index in [2.05, 4.69) is 52.0 Å². The van der Waals surface area contributed by atoms with Gasteiger partial charge in [0.2, 0.25) is 0 Å². The molecule has 2 nitrogen and oxygen atoms in total. The van der Waals surface area contributed by atoms with Gasteiger partial charge in [-0.2, -0.15) is 0 Å². The highest BCUT2D eigenvalue weighted by Gasteiger charge is 2.28. The van der Waals surface area contributed by atoms with E-state index in [1.807, 2.05) is 0 Å². The molecule has 0 spiro atoms. The van der Waals surface area contributed by atoms with Crippen molar-refractivity contribution in [1.82, 2.24) is 0 Å². The van der Waals surface area contributed by atoms with Crippen molar-refractivity contribution in [2.45, 2.75) is 52.6 Å². The maximum Gasteiger partial charge on any atom is 0.0178 e. The minimum atomic E-state index is -0.0785. The summed E-state index contributed by atoms with van der Waals surface area (Å²) in [6.07, 6.45) is 2.09. The highest BCUT2D eigenvalue weighted by molar-refractivity contribution is 5.23. The van der Waals surface area contributed by atoms with Gasteiger partial charge in [0.15, 0.2) is 0 Å². The van der Waals surface area contributed by atoms with Gasteiger partial charge >= 0.3 is 0 Å². The summed E-state index contributed by atoms with van der Waals surface area (Å²) in [6.45, 7) is 9.49. The van der Waals surface area contributed by atoms with Crippen LogP contribution in [-0.2, 0) is 13.0 Å². The molecular formula is C16H28N2. The van der Waals surface area contributed by atoms with E-state index in [-0.39, 0.29) is 5.54 Å². The van der Waals surface area contributed by atoms with E-state index in [9.17, 15) is 0 Å². The predicted octanol–water partition coefficient (Wildman–Crippen LogP) is 3.09. The molecule has 18 heavy (non-hydrogen) atoms. The summed E-state index contributed by atoms with van der Waals surface area (Å²) < 4.78 is 0. The van der Waals surface area contributed by atoms with Gasteiger partial charge in [-0.25, -0.2) is 0 Å². The molecule has 0 bridgehead atoms. The van der Waals surface area contributed by atoms with Gasteiger partial charge in [0, 0.05) is 12.1 Å². The molecule has 0 saturated carbocycles. The number of benzene rings is 1. The normalized spacial score (nSPS) is 18.1. The minimum Gasteiger partial charge on any atom is -0.326 e. The molecule has 0 amide bonds. The third-order valence-electron chi connectivity index (χ3n) is 4.44. The lowest BCUT2D eigenvalue weighted by atomic mass is 9.75. The largest absolute Gasteiger partial charge is 0.326 e. The van der Waals surface area contributed by atoms with E-state index in [0.717, 1.165) is 12.8 Å². The molecule has 0 aromatic heterocycles. The monoisotopic (exact) mass is 248 g/mol. The SMILES string of the molecule is CCC(C)(N)C(C)C(C)Cc1cccc(CN)c1. The molecule has 0 radical (unpaired) electrons. The first-order valence-electron chi connectivity index (χ1n) is 6.97. The maximum atomic E-state index is 6.35. The van der Waals surface area contributed by atoms with Crippen LogP contribution in [0.1, 0.15) is 45.2 Å². The summed E-state index contributed by atoms with van der Waals surface area (Å²) in [5, 5.41) is 0. The van der Waals surface area contributed by atoms with E-state index in [4.69, 9.17) is 11.5 Å². The van der Waals surface area contributed by atoms with E-state index in [0.29, 0.717) is 18.4 Å². The molecule has 102 valence electrons. The van der Waals surface area contributed by atoms with Gasteiger partial charge in [-0.1, -0.05) is 45.0 Å². The lowest BCUT2D eigenvalue weighted by Gasteiger charge is -2.35. The van der Waals surface area contributed by atoms with Crippen molar-refractivity contribution < 1.29 is 0 Å². The Morgan fingerprint density at radius 3 is 2.39 bits per heavy atom. The lowest BCUT2D eigenvalue weighted by Crippen LogP contribution is -2.45. The molecule has 4 N–H and O–H groups in total. The summed E-state index contributed by atoms with van der Waals surface area (Å²) in [4.78, 5) is 0. The summed E-state index contributed by atoms with van der Waals surface area (Å²) in [7, 11) is 0. The second-order valence-corrected chi connectivity index (χ2v) is 5.85. The first-order valence-corrected chi connectivity index (χ1v) is 6.97. The van der Waals surface area contributed by atoms with Crippen LogP contribution >= 0.6 is 0 Å². The molecule has 0 aliphatic heterocycles. The Labute approximate surface area is 112 Å². The van der Waals surface area contributed by atoms with Crippen LogP contribution in [-0.4, -0.2) is 5.54 Å². The number of rotatable bonds is 6. The molecule has 0 fully saturated rings. The molecule has 0 saturated heterocycles. The zero-order valence-corrected chi connectivity index (χ0v) is 12.2. The Morgan fingerprint density at radius 1 is 1.22 bits per heavy atom. The number of nitrogens with two attached hydrogens (primary N) is 2.